The second kappa shape index (κ2) is 10.7. The second-order valence-corrected chi connectivity index (χ2v) is 9.90. The molecule has 0 spiro atoms. The van der Waals surface area contributed by atoms with Gasteiger partial charge in [0.25, 0.3) is 5.91 Å². The van der Waals surface area contributed by atoms with Gasteiger partial charge < -0.3 is 10.6 Å². The maximum absolute atomic E-state index is 13.8. The Morgan fingerprint density at radius 1 is 1.18 bits per heavy atom. The van der Waals surface area contributed by atoms with Crippen molar-refractivity contribution in [1.29, 1.82) is 0 Å². The topological polar surface area (TPSA) is 159 Å². The van der Waals surface area contributed by atoms with Crippen LogP contribution in [0, 0.1) is 12.8 Å². The number of hydrogen-bond donors (Lipinski definition) is 2. The lowest BCUT2D eigenvalue weighted by Crippen LogP contribution is -2.50. The van der Waals surface area contributed by atoms with E-state index >= 15 is 0 Å². The molecule has 3 aromatic heterocycles. The van der Waals surface area contributed by atoms with E-state index in [9.17, 15) is 27.2 Å². The van der Waals surface area contributed by atoms with Gasteiger partial charge in [-0.3, -0.25) is 14.3 Å². The van der Waals surface area contributed by atoms with Crippen LogP contribution in [0.3, 0.4) is 0 Å². The van der Waals surface area contributed by atoms with Crippen LogP contribution in [0.25, 0.3) is 0 Å². The number of aryl methyl sites for hydroxylation is 1. The van der Waals surface area contributed by atoms with E-state index in [0.29, 0.717) is 0 Å². The highest BCUT2D eigenvalue weighted by Crippen LogP contribution is 2.38. The largest absolute Gasteiger partial charge is 0.338 e. The molecule has 0 aliphatic heterocycles. The third kappa shape index (κ3) is 6.06. The summed E-state index contributed by atoms with van der Waals surface area (Å²) >= 11 is 0. The number of carbonyl (C=O) groups excluding carboxylic acids is 2. The van der Waals surface area contributed by atoms with Crippen LogP contribution in [0.2, 0.25) is 0 Å². The minimum atomic E-state index is -2.84. The zero-order valence-corrected chi connectivity index (χ0v) is 20.8. The van der Waals surface area contributed by atoms with Crippen molar-refractivity contribution in [1.82, 2.24) is 45.6 Å². The molecular formula is C22H26F4N10O3. The fourth-order valence-corrected chi connectivity index (χ4v) is 4.73. The number of hydrogen-bond acceptors (Lipinski definition) is 9. The molecule has 17 heteroatoms. The summed E-state index contributed by atoms with van der Waals surface area (Å²) in [5.74, 6) is -4.63. The molecule has 5 rings (SSSR count). The van der Waals surface area contributed by atoms with Crippen molar-refractivity contribution in [2.75, 3.05) is 5.32 Å². The van der Waals surface area contributed by atoms with E-state index in [0.717, 1.165) is 12.8 Å². The summed E-state index contributed by atoms with van der Waals surface area (Å²) in [5, 5.41) is 27.9. The summed E-state index contributed by atoms with van der Waals surface area (Å²) in [6, 6.07) is -2.14. The highest BCUT2D eigenvalue weighted by Gasteiger charge is 2.41. The van der Waals surface area contributed by atoms with Crippen molar-refractivity contribution >= 4 is 17.5 Å². The predicted molar refractivity (Wildman–Crippen MR) is 123 cm³/mol. The first-order valence-electron chi connectivity index (χ1n) is 12.5. The smallest absolute Gasteiger partial charge is 0.276 e. The molecule has 2 amide bonds. The van der Waals surface area contributed by atoms with Crippen molar-refractivity contribution in [3.8, 4) is 0 Å². The quantitative estimate of drug-likeness (QED) is 0.359. The van der Waals surface area contributed by atoms with E-state index < -0.39 is 61.4 Å². The SMILES string of the molecule is Cc1nonc1C(=O)N[C@H](C(=O)Nc1cnn(C(CC(F)F)c2nnnn2C2CC2)c1)C1CCC(F)(F)CC1. The summed E-state index contributed by atoms with van der Waals surface area (Å²) in [5.41, 5.74) is 0.219. The summed E-state index contributed by atoms with van der Waals surface area (Å²) in [6.45, 7) is 1.49. The molecule has 1 unspecified atom stereocenters. The van der Waals surface area contributed by atoms with Crippen LogP contribution in [-0.2, 0) is 4.79 Å². The number of alkyl halides is 4. The summed E-state index contributed by atoms with van der Waals surface area (Å²) in [7, 11) is 0. The first kappa shape index (κ1) is 26.7. The van der Waals surface area contributed by atoms with Gasteiger partial charge in [-0.25, -0.2) is 26.9 Å². The number of carbonyl (C=O) groups is 2. The highest BCUT2D eigenvalue weighted by molar-refractivity contribution is 6.00. The Labute approximate surface area is 218 Å². The standard InChI is InChI=1S/C22H26F4N10O3/c1-11-17(32-39-31-11)20(37)29-18(12-4-6-22(25,26)7-5-12)21(38)28-13-9-27-35(10-13)15(8-16(23)24)19-30-33-34-36(19)14-2-3-14/h9-10,12,14-16,18H,2-8H2,1H3,(H,28,38)(H,29,37)/t15?,18-/m0/s1. The molecule has 2 aliphatic rings. The van der Waals surface area contributed by atoms with Gasteiger partial charge in [0, 0.05) is 25.5 Å². The zero-order valence-electron chi connectivity index (χ0n) is 20.8. The summed E-state index contributed by atoms with van der Waals surface area (Å²) < 4.78 is 61.8. The number of amides is 2. The van der Waals surface area contributed by atoms with Crippen molar-refractivity contribution in [2.24, 2.45) is 5.92 Å². The molecule has 39 heavy (non-hydrogen) atoms. The molecule has 0 bridgehead atoms. The van der Waals surface area contributed by atoms with E-state index in [-0.39, 0.29) is 41.8 Å². The number of halogens is 4. The third-order valence-corrected chi connectivity index (χ3v) is 6.97. The minimum Gasteiger partial charge on any atom is -0.338 e. The van der Waals surface area contributed by atoms with Crippen LogP contribution in [0.4, 0.5) is 23.2 Å². The van der Waals surface area contributed by atoms with Crippen molar-refractivity contribution in [3.63, 3.8) is 0 Å². The van der Waals surface area contributed by atoms with E-state index in [1.165, 1.54) is 28.7 Å². The first-order valence-corrected chi connectivity index (χ1v) is 12.5. The molecular weight excluding hydrogens is 528 g/mol. The van der Waals surface area contributed by atoms with Gasteiger partial charge >= 0.3 is 0 Å². The Hall–Kier alpha value is -3.92. The van der Waals surface area contributed by atoms with Gasteiger partial charge in [0.2, 0.25) is 18.3 Å². The lowest BCUT2D eigenvalue weighted by atomic mass is 9.81. The highest BCUT2D eigenvalue weighted by atomic mass is 19.3. The predicted octanol–water partition coefficient (Wildman–Crippen LogP) is 2.70. The van der Waals surface area contributed by atoms with E-state index in [2.05, 4.69) is 46.2 Å². The van der Waals surface area contributed by atoms with Gasteiger partial charge in [-0.05, 0) is 54.1 Å². The van der Waals surface area contributed by atoms with E-state index in [1.807, 2.05) is 0 Å². The van der Waals surface area contributed by atoms with Crippen LogP contribution in [0.1, 0.15) is 79.0 Å². The molecule has 3 aromatic rings. The van der Waals surface area contributed by atoms with Crippen LogP contribution >= 0.6 is 0 Å². The van der Waals surface area contributed by atoms with Gasteiger partial charge in [0.05, 0.1) is 17.9 Å². The maximum atomic E-state index is 13.8. The Bertz CT molecular complexity index is 1310. The maximum Gasteiger partial charge on any atom is 0.276 e. The summed E-state index contributed by atoms with van der Waals surface area (Å²) in [4.78, 5) is 26.1. The average molecular weight is 555 g/mol. The van der Waals surface area contributed by atoms with E-state index in [1.54, 1.807) is 0 Å². The van der Waals surface area contributed by atoms with Gasteiger partial charge in [-0.1, -0.05) is 5.16 Å². The molecule has 2 saturated carbocycles. The van der Waals surface area contributed by atoms with Crippen molar-refractivity contribution in [2.45, 2.75) is 82.3 Å². The number of nitrogens with one attached hydrogen (secondary N) is 2. The van der Waals surface area contributed by atoms with E-state index in [4.69, 9.17) is 0 Å². The number of rotatable bonds is 10. The molecule has 0 aromatic carbocycles. The van der Waals surface area contributed by atoms with Gasteiger partial charge in [0.15, 0.2) is 11.5 Å². The van der Waals surface area contributed by atoms with Gasteiger partial charge in [-0.2, -0.15) is 5.10 Å². The van der Waals surface area contributed by atoms with Crippen LogP contribution in [-0.4, -0.2) is 70.5 Å². The molecule has 2 N–H and O–H groups in total. The summed E-state index contributed by atoms with van der Waals surface area (Å²) in [6.07, 6.45) is 0.158. The van der Waals surface area contributed by atoms with Crippen LogP contribution < -0.4 is 10.6 Å². The third-order valence-electron chi connectivity index (χ3n) is 6.97. The molecule has 0 radical (unpaired) electrons. The Kier molecular flexibility index (Phi) is 7.31. The molecule has 13 nitrogen and oxygen atoms in total. The van der Waals surface area contributed by atoms with Crippen LogP contribution in [0.15, 0.2) is 17.0 Å². The lowest BCUT2D eigenvalue weighted by molar-refractivity contribution is -0.121. The Morgan fingerprint density at radius 3 is 2.56 bits per heavy atom. The number of tetrazole rings is 1. The van der Waals surface area contributed by atoms with Crippen LogP contribution in [0.5, 0.6) is 0 Å². The molecule has 2 aliphatic carbocycles. The molecule has 3 heterocycles. The molecule has 2 fully saturated rings. The molecule has 210 valence electrons. The fourth-order valence-electron chi connectivity index (χ4n) is 4.73. The fraction of sp³-hybridized carbons (Fsp3) is 0.636. The minimum absolute atomic E-state index is 0.000957. The number of anilines is 1. The van der Waals surface area contributed by atoms with Gasteiger partial charge in [0.1, 0.15) is 17.8 Å². The number of aromatic nitrogens is 8. The Balaban J connectivity index is 1.34. The normalized spacial score (nSPS) is 19.1. The number of nitrogens with zero attached hydrogens (tertiary/aromatic N) is 8. The average Bonchev–Trinajstić information content (AvgIpc) is 3.24. The second-order valence-electron chi connectivity index (χ2n) is 9.90. The zero-order chi connectivity index (χ0) is 27.7. The first-order chi connectivity index (χ1) is 18.6. The molecule has 2 atom stereocenters. The Morgan fingerprint density at radius 2 is 1.92 bits per heavy atom. The van der Waals surface area contributed by atoms with Crippen molar-refractivity contribution < 1.29 is 31.8 Å². The van der Waals surface area contributed by atoms with Gasteiger partial charge in [-0.15, -0.1) is 5.10 Å². The van der Waals surface area contributed by atoms with Crippen molar-refractivity contribution in [3.05, 3.63) is 29.6 Å². The lowest BCUT2D eigenvalue weighted by Gasteiger charge is -2.33. The molecule has 0 saturated heterocycles. The monoisotopic (exact) mass is 554 g/mol.